The Labute approximate surface area is 133 Å². The van der Waals surface area contributed by atoms with Crippen LogP contribution >= 0.6 is 0 Å². The van der Waals surface area contributed by atoms with E-state index in [0.29, 0.717) is 6.04 Å². The molecule has 1 aromatic heterocycles. The average Bonchev–Trinajstić information content (AvgIpc) is 2.52. The zero-order valence-corrected chi connectivity index (χ0v) is 14.0. The van der Waals surface area contributed by atoms with Crippen molar-refractivity contribution < 1.29 is 4.79 Å². The van der Waals surface area contributed by atoms with Crippen LogP contribution in [0.3, 0.4) is 0 Å². The molecule has 1 atom stereocenters. The minimum Gasteiger partial charge on any atom is -0.338 e. The van der Waals surface area contributed by atoms with Gasteiger partial charge in [-0.15, -0.1) is 0 Å². The Kier molecular flexibility index (Phi) is 5.35. The lowest BCUT2D eigenvalue weighted by Gasteiger charge is -2.45. The van der Waals surface area contributed by atoms with Gasteiger partial charge < -0.3 is 4.90 Å². The van der Waals surface area contributed by atoms with Crippen LogP contribution in [0, 0.1) is 0 Å². The molecule has 0 radical (unpaired) electrons. The zero-order chi connectivity index (χ0) is 16.2. The van der Waals surface area contributed by atoms with Crippen LogP contribution in [0.5, 0.6) is 0 Å². The summed E-state index contributed by atoms with van der Waals surface area (Å²) in [6.45, 7) is 12.7. The molecule has 1 aromatic rings. The van der Waals surface area contributed by atoms with Gasteiger partial charge in [0.1, 0.15) is 0 Å². The molecule has 1 fully saturated rings. The number of rotatable bonds is 4. The summed E-state index contributed by atoms with van der Waals surface area (Å²) in [5, 5.41) is 0. The lowest BCUT2D eigenvalue weighted by molar-refractivity contribution is -0.128. The summed E-state index contributed by atoms with van der Waals surface area (Å²) in [6, 6.07) is 6.39. The van der Waals surface area contributed by atoms with Gasteiger partial charge in [-0.25, -0.2) is 0 Å². The normalized spacial score (nSPS) is 19.3. The number of pyridine rings is 1. The van der Waals surface area contributed by atoms with E-state index in [2.05, 4.69) is 43.3 Å². The molecular weight excluding hydrogens is 274 g/mol. The molecule has 0 bridgehead atoms. The van der Waals surface area contributed by atoms with Gasteiger partial charge in [0.25, 0.3) is 0 Å². The molecule has 0 spiro atoms. The first-order chi connectivity index (χ1) is 10.4. The fourth-order valence-electron chi connectivity index (χ4n) is 3.12. The zero-order valence-electron chi connectivity index (χ0n) is 14.0. The smallest absolute Gasteiger partial charge is 0.246 e. The van der Waals surface area contributed by atoms with Gasteiger partial charge in [-0.05, 0) is 51.8 Å². The molecule has 1 amide bonds. The highest BCUT2D eigenvalue weighted by Gasteiger charge is 2.33. The van der Waals surface area contributed by atoms with Crippen LogP contribution in [0.4, 0.5) is 0 Å². The molecule has 120 valence electrons. The molecule has 0 aromatic carbocycles. The predicted octanol–water partition coefficient (Wildman–Crippen LogP) is 2.86. The first kappa shape index (κ1) is 16.7. The predicted molar refractivity (Wildman–Crippen MR) is 89.3 cm³/mol. The summed E-state index contributed by atoms with van der Waals surface area (Å²) in [4.78, 5) is 20.8. The molecule has 2 rings (SSSR count). The van der Waals surface area contributed by atoms with Gasteiger partial charge in [-0.1, -0.05) is 12.6 Å². The monoisotopic (exact) mass is 301 g/mol. The number of hydrogen-bond donors (Lipinski definition) is 0. The van der Waals surface area contributed by atoms with Crippen LogP contribution in [0.2, 0.25) is 0 Å². The number of amides is 1. The lowest BCUT2D eigenvalue weighted by atomic mass is 9.96. The summed E-state index contributed by atoms with van der Waals surface area (Å²) in [5.41, 5.74) is 1.10. The Hall–Kier alpha value is -1.68. The molecule has 4 heteroatoms. The number of aromatic nitrogens is 1. The fraction of sp³-hybridized carbons (Fsp3) is 0.556. The minimum atomic E-state index is 0.0302. The van der Waals surface area contributed by atoms with E-state index in [1.807, 2.05) is 23.2 Å². The highest BCUT2D eigenvalue weighted by molar-refractivity contribution is 5.87. The van der Waals surface area contributed by atoms with Crippen LogP contribution in [0.1, 0.15) is 39.3 Å². The number of hydrogen-bond acceptors (Lipinski definition) is 3. The van der Waals surface area contributed by atoms with E-state index in [1.54, 1.807) is 0 Å². The van der Waals surface area contributed by atoms with Crippen molar-refractivity contribution >= 4 is 5.91 Å². The maximum absolute atomic E-state index is 11.9. The number of nitrogens with zero attached hydrogens (tertiary/aromatic N) is 3. The third-order valence-corrected chi connectivity index (χ3v) is 4.24. The Morgan fingerprint density at radius 2 is 2.27 bits per heavy atom. The molecule has 0 saturated carbocycles. The Morgan fingerprint density at radius 3 is 2.86 bits per heavy atom. The number of piperidine rings is 1. The third-order valence-electron chi connectivity index (χ3n) is 4.24. The maximum Gasteiger partial charge on any atom is 0.246 e. The van der Waals surface area contributed by atoms with Crippen molar-refractivity contribution in [3.8, 4) is 0 Å². The summed E-state index contributed by atoms with van der Waals surface area (Å²) in [7, 11) is 0. The van der Waals surface area contributed by atoms with Crippen LogP contribution < -0.4 is 0 Å². The molecule has 0 unspecified atom stereocenters. The van der Waals surface area contributed by atoms with Crippen molar-refractivity contribution in [1.82, 2.24) is 14.8 Å². The van der Waals surface area contributed by atoms with Crippen molar-refractivity contribution in [2.45, 2.75) is 51.7 Å². The van der Waals surface area contributed by atoms with Gasteiger partial charge in [-0.2, -0.15) is 0 Å². The summed E-state index contributed by atoms with van der Waals surface area (Å²) >= 11 is 0. The second kappa shape index (κ2) is 7.05. The maximum atomic E-state index is 11.9. The molecule has 0 aliphatic carbocycles. The largest absolute Gasteiger partial charge is 0.338 e. The van der Waals surface area contributed by atoms with E-state index in [0.717, 1.165) is 38.2 Å². The van der Waals surface area contributed by atoms with Gasteiger partial charge in [0.15, 0.2) is 0 Å². The van der Waals surface area contributed by atoms with E-state index < -0.39 is 0 Å². The van der Waals surface area contributed by atoms with E-state index in [9.17, 15) is 4.79 Å². The second-order valence-electron chi connectivity index (χ2n) is 6.90. The second-order valence-corrected chi connectivity index (χ2v) is 6.90. The SMILES string of the molecule is C=CC(=O)N1CCC[C@@H](N(Cc2ccccn2)C(C)(C)C)C1. The number of likely N-dealkylation sites (tertiary alicyclic amines) is 1. The molecule has 0 N–H and O–H groups in total. The Morgan fingerprint density at radius 1 is 1.50 bits per heavy atom. The van der Waals surface area contributed by atoms with Crippen LogP contribution in [-0.4, -0.2) is 45.4 Å². The first-order valence-corrected chi connectivity index (χ1v) is 8.00. The van der Waals surface area contributed by atoms with E-state index >= 15 is 0 Å². The summed E-state index contributed by atoms with van der Waals surface area (Å²) < 4.78 is 0. The fourth-order valence-corrected chi connectivity index (χ4v) is 3.12. The summed E-state index contributed by atoms with van der Waals surface area (Å²) in [6.07, 6.45) is 5.41. The van der Waals surface area contributed by atoms with Crippen molar-refractivity contribution in [1.29, 1.82) is 0 Å². The van der Waals surface area contributed by atoms with Gasteiger partial charge in [0, 0.05) is 37.4 Å². The standard InChI is InChI=1S/C18H27N3O/c1-5-17(22)20-12-8-10-16(14-20)21(18(2,3)4)13-15-9-6-7-11-19-15/h5-7,9,11,16H,1,8,10,12-14H2,2-4H3/t16-/m1/s1. The van der Waals surface area contributed by atoms with Crippen molar-refractivity contribution in [2.75, 3.05) is 13.1 Å². The molecule has 4 nitrogen and oxygen atoms in total. The van der Waals surface area contributed by atoms with Crippen molar-refractivity contribution in [3.63, 3.8) is 0 Å². The van der Waals surface area contributed by atoms with Gasteiger partial charge in [0.2, 0.25) is 5.91 Å². The molecule has 1 saturated heterocycles. The van der Waals surface area contributed by atoms with E-state index in [4.69, 9.17) is 0 Å². The van der Waals surface area contributed by atoms with Crippen LogP contribution in [-0.2, 0) is 11.3 Å². The molecule has 22 heavy (non-hydrogen) atoms. The quantitative estimate of drug-likeness (QED) is 0.802. The Bertz CT molecular complexity index is 507. The highest BCUT2D eigenvalue weighted by atomic mass is 16.2. The Balaban J connectivity index is 2.15. The van der Waals surface area contributed by atoms with E-state index in [-0.39, 0.29) is 11.4 Å². The molecule has 2 heterocycles. The number of carbonyl (C=O) groups excluding carboxylic acids is 1. The van der Waals surface area contributed by atoms with E-state index in [1.165, 1.54) is 6.08 Å². The highest BCUT2D eigenvalue weighted by Crippen LogP contribution is 2.25. The van der Waals surface area contributed by atoms with Gasteiger partial charge in [0.05, 0.1) is 5.69 Å². The van der Waals surface area contributed by atoms with Gasteiger partial charge in [-0.3, -0.25) is 14.7 Å². The molecule has 1 aliphatic rings. The summed E-state index contributed by atoms with van der Waals surface area (Å²) in [5.74, 6) is 0.0383. The minimum absolute atomic E-state index is 0.0302. The van der Waals surface area contributed by atoms with Crippen LogP contribution in [0.25, 0.3) is 0 Å². The number of carbonyl (C=O) groups is 1. The van der Waals surface area contributed by atoms with Gasteiger partial charge >= 0.3 is 0 Å². The van der Waals surface area contributed by atoms with Crippen molar-refractivity contribution in [3.05, 3.63) is 42.7 Å². The average molecular weight is 301 g/mol. The molecular formula is C18H27N3O. The third kappa shape index (κ3) is 4.17. The first-order valence-electron chi connectivity index (χ1n) is 8.00. The molecule has 1 aliphatic heterocycles. The van der Waals surface area contributed by atoms with Crippen LogP contribution in [0.15, 0.2) is 37.1 Å². The topological polar surface area (TPSA) is 36.4 Å². The lowest BCUT2D eigenvalue weighted by Crippen LogP contribution is -2.55. The van der Waals surface area contributed by atoms with Crippen molar-refractivity contribution in [2.24, 2.45) is 0 Å².